The normalized spacial score (nSPS) is 14.8. The second kappa shape index (κ2) is 11.6. The fourth-order valence-corrected chi connectivity index (χ4v) is 4.20. The number of nitrogens with zero attached hydrogens (tertiary/aromatic N) is 1. The molecule has 10 heteroatoms. The van der Waals surface area contributed by atoms with E-state index in [9.17, 15) is 19.2 Å². The van der Waals surface area contributed by atoms with E-state index in [2.05, 4.69) is 15.9 Å². The Bertz CT molecular complexity index is 1340. The maximum Gasteiger partial charge on any atom is 0.343 e. The molecule has 1 saturated heterocycles. The number of amides is 1. The molecule has 1 heterocycles. The molecule has 1 aliphatic heterocycles. The smallest absolute Gasteiger partial charge is 0.343 e. The van der Waals surface area contributed by atoms with Crippen molar-refractivity contribution in [3.8, 4) is 11.5 Å². The lowest BCUT2D eigenvalue weighted by Crippen LogP contribution is -2.27. The van der Waals surface area contributed by atoms with Gasteiger partial charge in [-0.3, -0.25) is 14.4 Å². The van der Waals surface area contributed by atoms with Gasteiger partial charge in [0.1, 0.15) is 11.5 Å². The standard InChI is InChI=1S/C27H21BrClNO7/c1-35-24-11-8-20(29)13-22(24)30-14-18(12-25(30)32)26(33)36-15-23(31)16-4-9-21(10-5-16)37-27(34)17-2-6-19(28)7-3-17/h2-11,13,18H,12,14-15H2,1H3/t18-/m0/s1. The molecule has 3 aromatic rings. The average molecular weight is 587 g/mol. The van der Waals surface area contributed by atoms with Gasteiger partial charge in [0.15, 0.2) is 12.4 Å². The molecule has 4 rings (SSSR count). The highest BCUT2D eigenvalue weighted by atomic mass is 79.9. The van der Waals surface area contributed by atoms with Gasteiger partial charge in [0.2, 0.25) is 5.91 Å². The summed E-state index contributed by atoms with van der Waals surface area (Å²) in [4.78, 5) is 51.3. The van der Waals surface area contributed by atoms with Crippen LogP contribution in [0.25, 0.3) is 0 Å². The van der Waals surface area contributed by atoms with E-state index in [1.54, 1.807) is 42.5 Å². The van der Waals surface area contributed by atoms with Crippen molar-refractivity contribution in [3.05, 3.63) is 87.4 Å². The summed E-state index contributed by atoms with van der Waals surface area (Å²) in [6, 6.07) is 17.5. The van der Waals surface area contributed by atoms with E-state index >= 15 is 0 Å². The number of anilines is 1. The third kappa shape index (κ3) is 6.36. The lowest BCUT2D eigenvalue weighted by atomic mass is 10.1. The predicted octanol–water partition coefficient (Wildman–Crippen LogP) is 5.11. The zero-order valence-electron chi connectivity index (χ0n) is 19.6. The molecule has 1 aliphatic rings. The van der Waals surface area contributed by atoms with Crippen molar-refractivity contribution in [3.63, 3.8) is 0 Å². The third-order valence-electron chi connectivity index (χ3n) is 5.70. The van der Waals surface area contributed by atoms with Crippen LogP contribution in [-0.4, -0.2) is 43.9 Å². The van der Waals surface area contributed by atoms with Crippen LogP contribution in [0.5, 0.6) is 11.5 Å². The van der Waals surface area contributed by atoms with Crippen molar-refractivity contribution in [1.82, 2.24) is 0 Å². The van der Waals surface area contributed by atoms with Crippen molar-refractivity contribution in [2.24, 2.45) is 5.92 Å². The molecule has 37 heavy (non-hydrogen) atoms. The predicted molar refractivity (Wildman–Crippen MR) is 139 cm³/mol. The van der Waals surface area contributed by atoms with Crippen LogP contribution in [0.15, 0.2) is 71.2 Å². The number of hydrogen-bond acceptors (Lipinski definition) is 7. The van der Waals surface area contributed by atoms with E-state index in [4.69, 9.17) is 25.8 Å². The summed E-state index contributed by atoms with van der Waals surface area (Å²) in [5.74, 6) is -1.90. The van der Waals surface area contributed by atoms with Gasteiger partial charge in [0.05, 0.1) is 24.3 Å². The molecule has 0 bridgehead atoms. The molecule has 0 unspecified atom stereocenters. The first-order valence-corrected chi connectivity index (χ1v) is 12.3. The Morgan fingerprint density at radius 1 is 1.00 bits per heavy atom. The first kappa shape index (κ1) is 26.4. The Balaban J connectivity index is 1.31. The molecule has 1 amide bonds. The Morgan fingerprint density at radius 3 is 2.35 bits per heavy atom. The molecule has 0 radical (unpaired) electrons. The SMILES string of the molecule is COc1ccc(Cl)cc1N1C[C@@H](C(=O)OCC(=O)c2ccc(OC(=O)c3ccc(Br)cc3)cc2)CC1=O. The van der Waals surface area contributed by atoms with E-state index in [-0.39, 0.29) is 30.2 Å². The molecule has 8 nitrogen and oxygen atoms in total. The number of carbonyl (C=O) groups is 4. The van der Waals surface area contributed by atoms with Gasteiger partial charge < -0.3 is 19.1 Å². The Labute approximate surface area is 226 Å². The number of benzene rings is 3. The summed E-state index contributed by atoms with van der Waals surface area (Å²) in [7, 11) is 1.48. The van der Waals surface area contributed by atoms with Crippen LogP contribution in [0, 0.1) is 5.92 Å². The highest BCUT2D eigenvalue weighted by molar-refractivity contribution is 9.10. The van der Waals surface area contributed by atoms with E-state index in [0.29, 0.717) is 22.0 Å². The van der Waals surface area contributed by atoms with Crippen molar-refractivity contribution >= 4 is 56.8 Å². The van der Waals surface area contributed by atoms with Crippen molar-refractivity contribution in [2.45, 2.75) is 6.42 Å². The third-order valence-corrected chi connectivity index (χ3v) is 6.47. The van der Waals surface area contributed by atoms with Crippen molar-refractivity contribution in [1.29, 1.82) is 0 Å². The summed E-state index contributed by atoms with van der Waals surface area (Å²) in [6.07, 6.45) is -0.0544. The quantitative estimate of drug-likeness (QED) is 0.205. The summed E-state index contributed by atoms with van der Waals surface area (Å²) >= 11 is 9.37. The first-order chi connectivity index (χ1) is 17.7. The van der Waals surface area contributed by atoms with Crippen LogP contribution in [-0.2, 0) is 14.3 Å². The van der Waals surface area contributed by atoms with E-state index in [0.717, 1.165) is 4.47 Å². The Hall–Kier alpha value is -3.69. The van der Waals surface area contributed by atoms with Gasteiger partial charge in [0.25, 0.3) is 0 Å². The van der Waals surface area contributed by atoms with Gasteiger partial charge in [0, 0.05) is 28.0 Å². The van der Waals surface area contributed by atoms with Crippen molar-refractivity contribution < 1.29 is 33.4 Å². The molecule has 0 aromatic heterocycles. The number of carbonyl (C=O) groups excluding carboxylic acids is 4. The Kier molecular flexibility index (Phi) is 8.25. The van der Waals surface area contributed by atoms with E-state index in [1.807, 2.05) is 0 Å². The summed E-state index contributed by atoms with van der Waals surface area (Å²) < 4.78 is 16.7. The summed E-state index contributed by atoms with van der Waals surface area (Å²) in [5.41, 5.74) is 1.13. The lowest BCUT2D eigenvalue weighted by molar-refractivity contribution is -0.147. The van der Waals surface area contributed by atoms with Gasteiger partial charge in [-0.2, -0.15) is 0 Å². The van der Waals surface area contributed by atoms with Crippen LogP contribution in [0.1, 0.15) is 27.1 Å². The topological polar surface area (TPSA) is 99.2 Å². The van der Waals surface area contributed by atoms with Crippen LogP contribution in [0.2, 0.25) is 5.02 Å². The number of methoxy groups -OCH3 is 1. The Morgan fingerprint density at radius 2 is 1.68 bits per heavy atom. The number of ether oxygens (including phenoxy) is 3. The van der Waals surface area contributed by atoms with E-state index < -0.39 is 30.2 Å². The van der Waals surface area contributed by atoms with Gasteiger partial charge in [-0.1, -0.05) is 27.5 Å². The number of Topliss-reactive ketones (excluding diaryl/α,β-unsaturated/α-hetero) is 1. The van der Waals surface area contributed by atoms with Crippen LogP contribution in [0.4, 0.5) is 5.69 Å². The minimum Gasteiger partial charge on any atom is -0.495 e. The number of ketones is 1. The molecular formula is C27H21BrClNO7. The molecule has 0 N–H and O–H groups in total. The molecular weight excluding hydrogens is 566 g/mol. The molecule has 1 atom stereocenters. The largest absolute Gasteiger partial charge is 0.495 e. The summed E-state index contributed by atoms with van der Waals surface area (Å²) in [5, 5.41) is 0.425. The van der Waals surface area contributed by atoms with Gasteiger partial charge in [-0.15, -0.1) is 0 Å². The number of halogens is 2. The molecule has 0 saturated carbocycles. The van der Waals surface area contributed by atoms with Crippen LogP contribution >= 0.6 is 27.5 Å². The van der Waals surface area contributed by atoms with Crippen LogP contribution < -0.4 is 14.4 Å². The molecule has 190 valence electrons. The van der Waals surface area contributed by atoms with Gasteiger partial charge >= 0.3 is 11.9 Å². The van der Waals surface area contributed by atoms with Gasteiger partial charge in [-0.25, -0.2) is 4.79 Å². The number of rotatable bonds is 8. The first-order valence-electron chi connectivity index (χ1n) is 11.2. The highest BCUT2D eigenvalue weighted by Gasteiger charge is 2.37. The molecule has 3 aromatic carbocycles. The minimum absolute atomic E-state index is 0.0544. The molecule has 0 aliphatic carbocycles. The summed E-state index contributed by atoms with van der Waals surface area (Å²) in [6.45, 7) is -0.400. The zero-order chi connectivity index (χ0) is 26.5. The van der Waals surface area contributed by atoms with E-state index in [1.165, 1.54) is 36.3 Å². The zero-order valence-corrected chi connectivity index (χ0v) is 22.0. The fourth-order valence-electron chi connectivity index (χ4n) is 3.77. The molecule has 0 spiro atoms. The van der Waals surface area contributed by atoms with Gasteiger partial charge in [-0.05, 0) is 66.7 Å². The van der Waals surface area contributed by atoms with Crippen molar-refractivity contribution in [2.75, 3.05) is 25.2 Å². The molecule has 1 fully saturated rings. The second-order valence-corrected chi connectivity index (χ2v) is 9.53. The lowest BCUT2D eigenvalue weighted by Gasteiger charge is -2.19. The second-order valence-electron chi connectivity index (χ2n) is 8.17. The van der Waals surface area contributed by atoms with Crippen LogP contribution in [0.3, 0.4) is 0 Å². The average Bonchev–Trinajstić information content (AvgIpc) is 3.29. The fraction of sp³-hybridized carbons (Fsp3) is 0.185. The maximum atomic E-state index is 12.6. The maximum absolute atomic E-state index is 12.6. The number of esters is 2. The monoisotopic (exact) mass is 585 g/mol. The number of hydrogen-bond donors (Lipinski definition) is 0. The highest BCUT2D eigenvalue weighted by Crippen LogP contribution is 2.35. The minimum atomic E-state index is -0.732.